The predicted molar refractivity (Wildman–Crippen MR) is 85.3 cm³/mol. The highest BCUT2D eigenvalue weighted by atomic mass is 79.9. The summed E-state index contributed by atoms with van der Waals surface area (Å²) in [7, 11) is 2.26. The van der Waals surface area contributed by atoms with Gasteiger partial charge in [-0.15, -0.1) is 0 Å². The summed E-state index contributed by atoms with van der Waals surface area (Å²) < 4.78 is 1.23. The molecule has 2 nitrogen and oxygen atoms in total. The van der Waals surface area contributed by atoms with Crippen LogP contribution in [0, 0.1) is 0 Å². The molecule has 1 aliphatic rings. The van der Waals surface area contributed by atoms with Gasteiger partial charge in [0.1, 0.15) is 0 Å². The van der Waals surface area contributed by atoms with Crippen LogP contribution in [0.3, 0.4) is 0 Å². The lowest BCUT2D eigenvalue weighted by molar-refractivity contribution is 0.168. The monoisotopic (exact) mass is 324 g/mol. The van der Waals surface area contributed by atoms with Gasteiger partial charge >= 0.3 is 0 Å². The Kier molecular flexibility index (Phi) is 5.86. The maximum absolute atomic E-state index is 3.64. The van der Waals surface area contributed by atoms with Crippen LogP contribution in [0.15, 0.2) is 28.7 Å². The minimum atomic E-state index is 0.738. The van der Waals surface area contributed by atoms with E-state index in [1.165, 1.54) is 35.7 Å². The number of benzene rings is 1. The molecule has 0 heterocycles. The third kappa shape index (κ3) is 4.30. The third-order valence-corrected chi connectivity index (χ3v) is 4.96. The van der Waals surface area contributed by atoms with Crippen molar-refractivity contribution in [3.63, 3.8) is 0 Å². The molecule has 0 aliphatic heterocycles. The molecule has 0 saturated heterocycles. The van der Waals surface area contributed by atoms with Gasteiger partial charge in [-0.2, -0.15) is 0 Å². The Morgan fingerprint density at radius 1 is 1.21 bits per heavy atom. The summed E-state index contributed by atoms with van der Waals surface area (Å²) >= 11 is 3.64. The Labute approximate surface area is 125 Å². The Hall–Kier alpha value is -0.380. The second-order valence-corrected chi connectivity index (χ2v) is 6.42. The first-order valence-electron chi connectivity index (χ1n) is 7.37. The van der Waals surface area contributed by atoms with Crippen molar-refractivity contribution in [3.05, 3.63) is 34.3 Å². The highest BCUT2D eigenvalue weighted by molar-refractivity contribution is 9.10. The zero-order valence-electron chi connectivity index (χ0n) is 12.0. The van der Waals surface area contributed by atoms with Crippen molar-refractivity contribution in [2.24, 2.45) is 0 Å². The van der Waals surface area contributed by atoms with Gasteiger partial charge in [0.25, 0.3) is 0 Å². The van der Waals surface area contributed by atoms with E-state index >= 15 is 0 Å². The SMILES string of the molecule is CCNC1CCC(N(C)Cc2ccccc2Br)CC1. The van der Waals surface area contributed by atoms with Crippen molar-refractivity contribution in [2.45, 2.75) is 51.2 Å². The Morgan fingerprint density at radius 2 is 1.89 bits per heavy atom. The average molecular weight is 325 g/mol. The zero-order valence-corrected chi connectivity index (χ0v) is 13.6. The highest BCUT2D eigenvalue weighted by Gasteiger charge is 2.23. The molecule has 19 heavy (non-hydrogen) atoms. The van der Waals surface area contributed by atoms with E-state index in [4.69, 9.17) is 0 Å². The summed E-state index contributed by atoms with van der Waals surface area (Å²) in [6.45, 7) is 4.34. The first-order valence-corrected chi connectivity index (χ1v) is 8.17. The number of hydrogen-bond donors (Lipinski definition) is 1. The van der Waals surface area contributed by atoms with Crippen molar-refractivity contribution in [2.75, 3.05) is 13.6 Å². The second-order valence-electron chi connectivity index (χ2n) is 5.57. The molecule has 1 aromatic carbocycles. The Balaban J connectivity index is 1.85. The normalized spacial score (nSPS) is 23.8. The fourth-order valence-corrected chi connectivity index (χ4v) is 3.44. The van der Waals surface area contributed by atoms with Crippen LogP contribution >= 0.6 is 15.9 Å². The minimum Gasteiger partial charge on any atom is -0.314 e. The van der Waals surface area contributed by atoms with Crippen LogP contribution in [0.5, 0.6) is 0 Å². The van der Waals surface area contributed by atoms with E-state index in [0.29, 0.717) is 0 Å². The Bertz CT molecular complexity index is 386. The molecule has 1 fully saturated rings. The van der Waals surface area contributed by atoms with Crippen LogP contribution in [0.25, 0.3) is 0 Å². The van der Waals surface area contributed by atoms with Crippen LogP contribution < -0.4 is 5.32 Å². The topological polar surface area (TPSA) is 15.3 Å². The maximum atomic E-state index is 3.64. The van der Waals surface area contributed by atoms with E-state index in [-0.39, 0.29) is 0 Å². The van der Waals surface area contributed by atoms with Crippen molar-refractivity contribution in [1.82, 2.24) is 10.2 Å². The van der Waals surface area contributed by atoms with E-state index in [1.807, 2.05) is 0 Å². The first kappa shape index (κ1) is 15.0. The largest absolute Gasteiger partial charge is 0.314 e. The number of nitrogens with zero attached hydrogens (tertiary/aromatic N) is 1. The summed E-state index contributed by atoms with van der Waals surface area (Å²) in [6, 6.07) is 10.0. The summed E-state index contributed by atoms with van der Waals surface area (Å²) in [5, 5.41) is 3.58. The second kappa shape index (κ2) is 7.41. The van der Waals surface area contributed by atoms with E-state index in [9.17, 15) is 0 Å². The minimum absolute atomic E-state index is 0.738. The molecule has 3 heteroatoms. The predicted octanol–water partition coefficient (Wildman–Crippen LogP) is 3.80. The Morgan fingerprint density at radius 3 is 2.53 bits per heavy atom. The van der Waals surface area contributed by atoms with Gasteiger partial charge < -0.3 is 5.32 Å². The van der Waals surface area contributed by atoms with Gasteiger partial charge in [-0.25, -0.2) is 0 Å². The molecule has 1 saturated carbocycles. The van der Waals surface area contributed by atoms with E-state index in [2.05, 4.69) is 64.4 Å². The molecule has 0 bridgehead atoms. The molecule has 0 atom stereocenters. The van der Waals surface area contributed by atoms with Crippen molar-refractivity contribution >= 4 is 15.9 Å². The van der Waals surface area contributed by atoms with Crippen LogP contribution in [-0.2, 0) is 6.54 Å². The first-order chi connectivity index (χ1) is 9.20. The van der Waals surface area contributed by atoms with Crippen LogP contribution in [-0.4, -0.2) is 30.6 Å². The zero-order chi connectivity index (χ0) is 13.7. The summed E-state index contributed by atoms with van der Waals surface area (Å²) in [5.74, 6) is 0. The van der Waals surface area contributed by atoms with Crippen molar-refractivity contribution < 1.29 is 0 Å². The number of nitrogens with one attached hydrogen (secondary N) is 1. The standard InChI is InChI=1S/C16H25BrN2/c1-3-18-14-8-10-15(11-9-14)19(2)12-13-6-4-5-7-16(13)17/h4-7,14-15,18H,3,8-12H2,1-2H3. The number of hydrogen-bond acceptors (Lipinski definition) is 2. The van der Waals surface area contributed by atoms with E-state index < -0.39 is 0 Å². The van der Waals surface area contributed by atoms with Gasteiger partial charge in [0.2, 0.25) is 0 Å². The van der Waals surface area contributed by atoms with Crippen LogP contribution in [0.2, 0.25) is 0 Å². The molecule has 2 rings (SSSR count). The molecule has 1 aromatic rings. The number of halogens is 1. The molecular weight excluding hydrogens is 300 g/mol. The maximum Gasteiger partial charge on any atom is 0.0244 e. The lowest BCUT2D eigenvalue weighted by Gasteiger charge is -2.35. The lowest BCUT2D eigenvalue weighted by Crippen LogP contribution is -2.40. The summed E-state index contributed by atoms with van der Waals surface area (Å²) in [4.78, 5) is 2.52. The molecule has 106 valence electrons. The molecule has 1 N–H and O–H groups in total. The summed E-state index contributed by atoms with van der Waals surface area (Å²) in [6.07, 6.45) is 5.27. The molecular formula is C16H25BrN2. The molecule has 0 aromatic heterocycles. The number of rotatable bonds is 5. The molecule has 0 unspecified atom stereocenters. The smallest absolute Gasteiger partial charge is 0.0244 e. The van der Waals surface area contributed by atoms with E-state index in [0.717, 1.165) is 25.2 Å². The van der Waals surface area contributed by atoms with Gasteiger partial charge in [-0.05, 0) is 50.9 Å². The van der Waals surface area contributed by atoms with Gasteiger partial charge in [-0.1, -0.05) is 41.1 Å². The average Bonchev–Trinajstić information content (AvgIpc) is 2.42. The van der Waals surface area contributed by atoms with Crippen LogP contribution in [0.4, 0.5) is 0 Å². The lowest BCUT2D eigenvalue weighted by atomic mass is 9.90. The molecule has 0 spiro atoms. The molecule has 0 radical (unpaired) electrons. The summed E-state index contributed by atoms with van der Waals surface area (Å²) in [5.41, 5.74) is 1.39. The fraction of sp³-hybridized carbons (Fsp3) is 0.625. The quantitative estimate of drug-likeness (QED) is 0.886. The molecule has 1 aliphatic carbocycles. The third-order valence-electron chi connectivity index (χ3n) is 4.19. The van der Waals surface area contributed by atoms with Gasteiger partial charge in [0.15, 0.2) is 0 Å². The fourth-order valence-electron chi connectivity index (χ4n) is 3.03. The highest BCUT2D eigenvalue weighted by Crippen LogP contribution is 2.25. The van der Waals surface area contributed by atoms with Gasteiger partial charge in [-0.3, -0.25) is 4.90 Å². The van der Waals surface area contributed by atoms with Gasteiger partial charge in [0, 0.05) is 23.1 Å². The van der Waals surface area contributed by atoms with Crippen molar-refractivity contribution in [1.29, 1.82) is 0 Å². The van der Waals surface area contributed by atoms with Crippen molar-refractivity contribution in [3.8, 4) is 0 Å². The van der Waals surface area contributed by atoms with Gasteiger partial charge in [0.05, 0.1) is 0 Å². The van der Waals surface area contributed by atoms with E-state index in [1.54, 1.807) is 0 Å². The van der Waals surface area contributed by atoms with Crippen LogP contribution in [0.1, 0.15) is 38.2 Å². The molecule has 0 amide bonds.